The van der Waals surface area contributed by atoms with Crippen LogP contribution in [0.5, 0.6) is 5.75 Å². The Morgan fingerprint density at radius 2 is 1.62 bits per heavy atom. The molecule has 0 aliphatic carbocycles. The molecule has 0 saturated carbocycles. The molecule has 0 spiro atoms. The zero-order valence-corrected chi connectivity index (χ0v) is 19.6. The highest BCUT2D eigenvalue weighted by Crippen LogP contribution is 2.46. The second kappa shape index (κ2) is 10.2. The number of hydrogen-bond acceptors (Lipinski definition) is 4. The molecule has 6 nitrogen and oxygen atoms in total. The average molecular weight is 438 g/mol. The summed E-state index contributed by atoms with van der Waals surface area (Å²) in [6, 6.07) is 15.3. The molecule has 1 heterocycles. The predicted octanol–water partition coefficient (Wildman–Crippen LogP) is 4.84. The van der Waals surface area contributed by atoms with Crippen LogP contribution in [-0.4, -0.2) is 34.5 Å². The van der Waals surface area contributed by atoms with Crippen LogP contribution in [0.2, 0.25) is 0 Å². The number of β-lactam (4-membered cyclic amide) rings is 1. The summed E-state index contributed by atoms with van der Waals surface area (Å²) in [4.78, 5) is 29.9. The minimum absolute atomic E-state index is 0.152. The first-order chi connectivity index (χ1) is 15.4. The summed E-state index contributed by atoms with van der Waals surface area (Å²) in [6.45, 7) is 9.50. The van der Waals surface area contributed by atoms with Gasteiger partial charge in [0.25, 0.3) is 0 Å². The molecule has 1 atom stereocenters. The van der Waals surface area contributed by atoms with Crippen LogP contribution in [0.25, 0.3) is 0 Å². The van der Waals surface area contributed by atoms with Crippen molar-refractivity contribution in [1.29, 1.82) is 0 Å². The summed E-state index contributed by atoms with van der Waals surface area (Å²) in [7, 11) is 0. The molecule has 172 valence electrons. The van der Waals surface area contributed by atoms with E-state index in [2.05, 4.69) is 0 Å². The fourth-order valence-corrected chi connectivity index (χ4v) is 4.30. The van der Waals surface area contributed by atoms with Crippen molar-refractivity contribution in [3.05, 3.63) is 65.2 Å². The van der Waals surface area contributed by atoms with Crippen LogP contribution in [0, 0.1) is 12.3 Å². The molecule has 1 fully saturated rings. The van der Waals surface area contributed by atoms with E-state index in [9.17, 15) is 9.59 Å². The zero-order valence-electron chi connectivity index (χ0n) is 19.6. The van der Waals surface area contributed by atoms with Gasteiger partial charge in [-0.1, -0.05) is 62.7 Å². The van der Waals surface area contributed by atoms with Gasteiger partial charge in [0.1, 0.15) is 11.2 Å². The number of amides is 3. The Bertz CT molecular complexity index is 920. The lowest BCUT2D eigenvalue weighted by atomic mass is 9.72. The van der Waals surface area contributed by atoms with Crippen molar-refractivity contribution >= 4 is 11.9 Å². The fourth-order valence-electron chi connectivity index (χ4n) is 4.30. The molecule has 3 rings (SSSR count). The van der Waals surface area contributed by atoms with Crippen LogP contribution >= 0.6 is 0 Å². The largest absolute Gasteiger partial charge is 0.469 e. The standard InChI is InChI=1S/C26H35N3O3/c1-5-16-28(18-21-10-8-19(4)9-11-21)25(31)29-23(30)26(6-2,7-3)24(29)32-22-14-12-20(17-27)13-15-22/h8-15,24H,5-7,16-18,27H2,1-4H3. The molecule has 2 N–H and O–H groups in total. The number of imide groups is 1. The van der Waals surface area contributed by atoms with Gasteiger partial charge >= 0.3 is 6.03 Å². The van der Waals surface area contributed by atoms with E-state index in [-0.39, 0.29) is 11.9 Å². The second-order valence-electron chi connectivity index (χ2n) is 8.55. The normalized spacial score (nSPS) is 17.1. The first-order valence-corrected chi connectivity index (χ1v) is 11.5. The van der Waals surface area contributed by atoms with Gasteiger partial charge in [0, 0.05) is 19.6 Å². The number of carbonyl (C=O) groups is 2. The molecular formula is C26H35N3O3. The minimum atomic E-state index is -0.691. The summed E-state index contributed by atoms with van der Waals surface area (Å²) in [6.07, 6.45) is 1.41. The predicted molar refractivity (Wildman–Crippen MR) is 126 cm³/mol. The summed E-state index contributed by atoms with van der Waals surface area (Å²) >= 11 is 0. The Kier molecular flexibility index (Phi) is 7.56. The summed E-state index contributed by atoms with van der Waals surface area (Å²) in [5, 5.41) is 0. The number of urea groups is 1. The van der Waals surface area contributed by atoms with Gasteiger partial charge in [-0.3, -0.25) is 4.79 Å². The van der Waals surface area contributed by atoms with Crippen molar-refractivity contribution in [1.82, 2.24) is 9.80 Å². The van der Waals surface area contributed by atoms with Gasteiger partial charge in [-0.05, 0) is 49.4 Å². The van der Waals surface area contributed by atoms with E-state index in [1.807, 2.05) is 76.2 Å². The molecule has 0 aromatic heterocycles. The second-order valence-corrected chi connectivity index (χ2v) is 8.55. The lowest BCUT2D eigenvalue weighted by molar-refractivity contribution is -0.192. The number of nitrogens with two attached hydrogens (primary N) is 1. The molecule has 1 saturated heterocycles. The molecule has 2 aromatic carbocycles. The maximum absolute atomic E-state index is 13.6. The Labute approximate surface area is 191 Å². The van der Waals surface area contributed by atoms with Gasteiger partial charge in [-0.2, -0.15) is 0 Å². The van der Waals surface area contributed by atoms with Gasteiger partial charge in [0.2, 0.25) is 5.91 Å². The lowest BCUT2D eigenvalue weighted by Crippen LogP contribution is -2.73. The van der Waals surface area contributed by atoms with Crippen molar-refractivity contribution in [2.45, 2.75) is 66.3 Å². The highest BCUT2D eigenvalue weighted by molar-refractivity contribution is 6.03. The zero-order chi connectivity index (χ0) is 23.3. The van der Waals surface area contributed by atoms with Crippen LogP contribution in [0.1, 0.15) is 56.7 Å². The third-order valence-electron chi connectivity index (χ3n) is 6.48. The molecule has 32 heavy (non-hydrogen) atoms. The van der Waals surface area contributed by atoms with Crippen LogP contribution < -0.4 is 10.5 Å². The molecule has 6 heteroatoms. The topological polar surface area (TPSA) is 75.9 Å². The molecule has 0 radical (unpaired) electrons. The SMILES string of the molecule is CCCN(Cc1ccc(C)cc1)C(=O)N1C(=O)C(CC)(CC)C1Oc1ccc(CN)cc1. The molecule has 1 aliphatic heterocycles. The maximum Gasteiger partial charge on any atom is 0.330 e. The molecule has 1 aliphatic rings. The van der Waals surface area contributed by atoms with Gasteiger partial charge in [0.15, 0.2) is 6.23 Å². The number of hydrogen-bond donors (Lipinski definition) is 1. The first kappa shape index (κ1) is 23.8. The number of ether oxygens (including phenoxy) is 1. The van der Waals surface area contributed by atoms with E-state index >= 15 is 0 Å². The molecule has 2 aromatic rings. The van der Waals surface area contributed by atoms with Crippen molar-refractivity contribution in [2.24, 2.45) is 11.1 Å². The van der Waals surface area contributed by atoms with Crippen molar-refractivity contribution in [3.8, 4) is 5.75 Å². The Morgan fingerprint density at radius 3 is 2.16 bits per heavy atom. The van der Waals surface area contributed by atoms with Gasteiger partial charge < -0.3 is 15.4 Å². The van der Waals surface area contributed by atoms with Crippen LogP contribution in [-0.2, 0) is 17.9 Å². The molecule has 1 unspecified atom stereocenters. The van der Waals surface area contributed by atoms with Gasteiger partial charge in [-0.25, -0.2) is 9.69 Å². The van der Waals surface area contributed by atoms with Crippen LogP contribution in [0.4, 0.5) is 4.79 Å². The highest BCUT2D eigenvalue weighted by atomic mass is 16.5. The third-order valence-corrected chi connectivity index (χ3v) is 6.48. The molecule has 3 amide bonds. The smallest absolute Gasteiger partial charge is 0.330 e. The van der Waals surface area contributed by atoms with E-state index in [0.717, 1.165) is 17.5 Å². The van der Waals surface area contributed by atoms with E-state index in [4.69, 9.17) is 10.5 Å². The van der Waals surface area contributed by atoms with E-state index in [1.165, 1.54) is 10.5 Å². The quantitative estimate of drug-likeness (QED) is 0.570. The highest BCUT2D eigenvalue weighted by Gasteiger charge is 2.63. The molecule has 0 bridgehead atoms. The lowest BCUT2D eigenvalue weighted by Gasteiger charge is -2.54. The number of aryl methyl sites for hydroxylation is 1. The minimum Gasteiger partial charge on any atom is -0.469 e. The Morgan fingerprint density at radius 1 is 1.03 bits per heavy atom. The summed E-state index contributed by atoms with van der Waals surface area (Å²) in [5.41, 5.74) is 8.21. The van der Waals surface area contributed by atoms with Crippen LogP contribution in [0.15, 0.2) is 48.5 Å². The van der Waals surface area contributed by atoms with Gasteiger partial charge in [-0.15, -0.1) is 0 Å². The number of likely N-dealkylation sites (tertiary alicyclic amines) is 1. The summed E-state index contributed by atoms with van der Waals surface area (Å²) < 4.78 is 6.26. The number of benzene rings is 2. The number of rotatable bonds is 9. The Hall–Kier alpha value is -2.86. The number of nitrogens with zero attached hydrogens (tertiary/aromatic N) is 2. The van der Waals surface area contributed by atoms with Gasteiger partial charge in [0.05, 0.1) is 0 Å². The maximum atomic E-state index is 13.6. The van der Waals surface area contributed by atoms with Crippen molar-refractivity contribution in [3.63, 3.8) is 0 Å². The van der Waals surface area contributed by atoms with E-state index in [1.54, 1.807) is 4.90 Å². The van der Waals surface area contributed by atoms with Crippen molar-refractivity contribution < 1.29 is 14.3 Å². The monoisotopic (exact) mass is 437 g/mol. The van der Waals surface area contributed by atoms with Crippen LogP contribution in [0.3, 0.4) is 0 Å². The number of carbonyl (C=O) groups excluding carboxylic acids is 2. The third kappa shape index (κ3) is 4.51. The fraction of sp³-hybridized carbons (Fsp3) is 0.462. The summed E-state index contributed by atoms with van der Waals surface area (Å²) in [5.74, 6) is 0.477. The average Bonchev–Trinajstić information content (AvgIpc) is 2.81. The molecular weight excluding hydrogens is 402 g/mol. The Balaban J connectivity index is 1.85. The van der Waals surface area contributed by atoms with Crippen molar-refractivity contribution in [2.75, 3.05) is 6.54 Å². The van der Waals surface area contributed by atoms with E-state index < -0.39 is 11.6 Å². The first-order valence-electron chi connectivity index (χ1n) is 11.5. The van der Waals surface area contributed by atoms with E-state index in [0.29, 0.717) is 38.2 Å².